The molecule has 0 radical (unpaired) electrons. The number of piperidine rings is 1. The van der Waals surface area contributed by atoms with Gasteiger partial charge in [-0.15, -0.1) is 0 Å². The van der Waals surface area contributed by atoms with Gasteiger partial charge in [0, 0.05) is 62.4 Å². The fraction of sp³-hybridized carbons (Fsp3) is 0.381. The molecule has 3 aromatic heterocycles. The van der Waals surface area contributed by atoms with Crippen molar-refractivity contribution in [3.05, 3.63) is 64.6 Å². The van der Waals surface area contributed by atoms with Crippen molar-refractivity contribution in [3.63, 3.8) is 0 Å². The molecule has 144 valence electrons. The Bertz CT molecular complexity index is 1040. The average molecular weight is 377 g/mol. The lowest BCUT2D eigenvalue weighted by atomic mass is 9.83. The highest BCUT2D eigenvalue weighted by Gasteiger charge is 2.35. The summed E-state index contributed by atoms with van der Waals surface area (Å²) in [4.78, 5) is 27.3. The maximum Gasteiger partial charge on any atom is 0.261 e. The molecule has 2 aliphatic heterocycles. The molecule has 2 aliphatic rings. The third-order valence-corrected chi connectivity index (χ3v) is 5.84. The van der Waals surface area contributed by atoms with Crippen LogP contribution in [0.25, 0.3) is 11.4 Å². The minimum absolute atomic E-state index is 0.0602. The van der Waals surface area contributed by atoms with E-state index < -0.39 is 0 Å². The lowest BCUT2D eigenvalue weighted by Crippen LogP contribution is -2.47. The number of nitrogens with one attached hydrogen (secondary N) is 1. The van der Waals surface area contributed by atoms with Crippen LogP contribution in [0.4, 0.5) is 0 Å². The summed E-state index contributed by atoms with van der Waals surface area (Å²) in [5.74, 6) is 2.32. The molecule has 0 unspecified atom stereocenters. The molecule has 1 saturated heterocycles. The second kappa shape index (κ2) is 6.91. The Labute approximate surface area is 163 Å². The van der Waals surface area contributed by atoms with E-state index in [0.717, 1.165) is 49.7 Å². The summed E-state index contributed by atoms with van der Waals surface area (Å²) in [5.41, 5.74) is 2.86. The summed E-state index contributed by atoms with van der Waals surface area (Å²) < 4.78 is 7.29. The monoisotopic (exact) mass is 377 g/mol. The Kier molecular flexibility index (Phi) is 4.24. The molecule has 1 fully saturated rings. The predicted octanol–water partition coefficient (Wildman–Crippen LogP) is 2.26. The fourth-order valence-electron chi connectivity index (χ4n) is 4.67. The van der Waals surface area contributed by atoms with E-state index in [2.05, 4.69) is 25.9 Å². The van der Waals surface area contributed by atoms with Gasteiger partial charge in [-0.2, -0.15) is 0 Å². The highest BCUT2D eigenvalue weighted by atomic mass is 16.5. The van der Waals surface area contributed by atoms with E-state index in [9.17, 15) is 4.79 Å². The molecule has 0 aliphatic carbocycles. The molecule has 5 heterocycles. The summed E-state index contributed by atoms with van der Waals surface area (Å²) in [7, 11) is 1.68. The minimum Gasteiger partial charge on any atom is -0.497 e. The number of rotatable bonds is 4. The van der Waals surface area contributed by atoms with Gasteiger partial charge in [-0.25, -0.2) is 4.98 Å². The van der Waals surface area contributed by atoms with Gasteiger partial charge >= 0.3 is 0 Å². The van der Waals surface area contributed by atoms with E-state index >= 15 is 0 Å². The third kappa shape index (κ3) is 3.01. The highest BCUT2D eigenvalue weighted by molar-refractivity contribution is 5.53. The zero-order valence-electron chi connectivity index (χ0n) is 15.8. The van der Waals surface area contributed by atoms with Gasteiger partial charge in [0.1, 0.15) is 11.6 Å². The normalized spacial score (nSPS) is 21.3. The number of hydrogen-bond donors (Lipinski definition) is 1. The lowest BCUT2D eigenvalue weighted by molar-refractivity contribution is 0.113. The molecule has 2 bridgehead atoms. The summed E-state index contributed by atoms with van der Waals surface area (Å²) in [6, 6.07) is 7.88. The molecule has 7 heteroatoms. The van der Waals surface area contributed by atoms with Crippen molar-refractivity contribution in [2.75, 3.05) is 20.2 Å². The smallest absolute Gasteiger partial charge is 0.261 e. The zero-order valence-corrected chi connectivity index (χ0v) is 15.8. The van der Waals surface area contributed by atoms with E-state index in [4.69, 9.17) is 4.74 Å². The standard InChI is InChI=1S/C21H23N5O2/c1-28-17-4-5-22-16(9-17)13-25-10-14-8-15(12-25)19-3-2-18(20-23-6-7-24-20)21(27)26(19)11-14/h2-7,9,14-15H,8,10-13H2,1H3,(H,23,24)/t14-,15+/m0/s1. The molecular weight excluding hydrogens is 354 g/mol. The Balaban J connectivity index is 1.41. The molecule has 7 nitrogen and oxygen atoms in total. The fourth-order valence-corrected chi connectivity index (χ4v) is 4.67. The van der Waals surface area contributed by atoms with E-state index in [-0.39, 0.29) is 5.56 Å². The van der Waals surface area contributed by atoms with Crippen LogP contribution in [0.2, 0.25) is 0 Å². The number of pyridine rings is 2. The summed E-state index contributed by atoms with van der Waals surface area (Å²) in [6.45, 7) is 3.49. The third-order valence-electron chi connectivity index (χ3n) is 5.84. The first-order valence-electron chi connectivity index (χ1n) is 9.66. The average Bonchev–Trinajstić information content (AvgIpc) is 3.23. The quantitative estimate of drug-likeness (QED) is 0.755. The molecule has 0 aromatic carbocycles. The first kappa shape index (κ1) is 17.2. The minimum atomic E-state index is 0.0602. The van der Waals surface area contributed by atoms with Crippen molar-refractivity contribution in [2.45, 2.75) is 25.4 Å². The number of ether oxygens (including phenoxy) is 1. The van der Waals surface area contributed by atoms with Crippen LogP contribution in [0.15, 0.2) is 47.7 Å². The van der Waals surface area contributed by atoms with Crippen molar-refractivity contribution in [2.24, 2.45) is 5.92 Å². The predicted molar refractivity (Wildman–Crippen MR) is 105 cm³/mol. The van der Waals surface area contributed by atoms with Crippen LogP contribution in [0.3, 0.4) is 0 Å². The van der Waals surface area contributed by atoms with Crippen LogP contribution in [-0.4, -0.2) is 44.6 Å². The highest BCUT2D eigenvalue weighted by Crippen LogP contribution is 2.36. The van der Waals surface area contributed by atoms with E-state index in [0.29, 0.717) is 23.2 Å². The zero-order chi connectivity index (χ0) is 19.1. The summed E-state index contributed by atoms with van der Waals surface area (Å²) in [5, 5.41) is 0. The maximum atomic E-state index is 13.1. The number of H-pyrrole nitrogens is 1. The summed E-state index contributed by atoms with van der Waals surface area (Å²) in [6.07, 6.45) is 6.36. The van der Waals surface area contributed by atoms with Gasteiger partial charge in [0.05, 0.1) is 18.4 Å². The molecule has 5 rings (SSSR count). The number of nitrogens with zero attached hydrogens (tertiary/aromatic N) is 4. The van der Waals surface area contributed by atoms with Crippen LogP contribution in [-0.2, 0) is 13.1 Å². The second-order valence-electron chi connectivity index (χ2n) is 7.71. The van der Waals surface area contributed by atoms with Gasteiger partial charge in [0.2, 0.25) is 0 Å². The van der Waals surface area contributed by atoms with Crippen molar-refractivity contribution < 1.29 is 4.74 Å². The van der Waals surface area contributed by atoms with Crippen molar-refractivity contribution in [1.82, 2.24) is 24.4 Å². The van der Waals surface area contributed by atoms with Crippen LogP contribution in [0.1, 0.15) is 23.7 Å². The van der Waals surface area contributed by atoms with Crippen molar-refractivity contribution in [1.29, 1.82) is 0 Å². The van der Waals surface area contributed by atoms with Gasteiger partial charge in [-0.1, -0.05) is 0 Å². The number of hydrogen-bond acceptors (Lipinski definition) is 5. The molecular formula is C21H23N5O2. The van der Waals surface area contributed by atoms with Crippen LogP contribution in [0, 0.1) is 5.92 Å². The van der Waals surface area contributed by atoms with Crippen molar-refractivity contribution >= 4 is 0 Å². The van der Waals surface area contributed by atoms with E-state index in [1.807, 2.05) is 22.8 Å². The Hall–Kier alpha value is -2.93. The Morgan fingerprint density at radius 2 is 2.11 bits per heavy atom. The molecule has 0 amide bonds. The van der Waals surface area contributed by atoms with Gasteiger partial charge in [0.25, 0.3) is 5.56 Å². The topological polar surface area (TPSA) is 76.0 Å². The number of methoxy groups -OCH3 is 1. The lowest BCUT2D eigenvalue weighted by Gasteiger charge is -2.42. The van der Waals surface area contributed by atoms with Crippen LogP contribution >= 0.6 is 0 Å². The second-order valence-corrected chi connectivity index (χ2v) is 7.71. The molecule has 2 atom stereocenters. The number of imidazole rings is 1. The van der Waals surface area contributed by atoms with E-state index in [1.165, 1.54) is 0 Å². The van der Waals surface area contributed by atoms with E-state index in [1.54, 1.807) is 25.7 Å². The van der Waals surface area contributed by atoms with Crippen molar-refractivity contribution in [3.8, 4) is 17.1 Å². The van der Waals surface area contributed by atoms with Gasteiger partial charge in [0.15, 0.2) is 0 Å². The number of aromatic amines is 1. The molecule has 0 saturated carbocycles. The van der Waals surface area contributed by atoms with Gasteiger partial charge in [-0.3, -0.25) is 14.7 Å². The molecule has 3 aromatic rings. The molecule has 0 spiro atoms. The number of fused-ring (bicyclic) bond motifs is 4. The van der Waals surface area contributed by atoms with Gasteiger partial charge < -0.3 is 14.3 Å². The number of likely N-dealkylation sites (tertiary alicyclic amines) is 1. The molecule has 1 N–H and O–H groups in total. The Morgan fingerprint density at radius 1 is 1.18 bits per heavy atom. The van der Waals surface area contributed by atoms with Crippen LogP contribution < -0.4 is 10.3 Å². The Morgan fingerprint density at radius 3 is 2.93 bits per heavy atom. The first-order valence-corrected chi connectivity index (χ1v) is 9.66. The largest absolute Gasteiger partial charge is 0.497 e. The maximum absolute atomic E-state index is 13.1. The first-order chi connectivity index (χ1) is 13.7. The van der Waals surface area contributed by atoms with Gasteiger partial charge in [-0.05, 0) is 30.5 Å². The molecule has 28 heavy (non-hydrogen) atoms. The number of aromatic nitrogens is 4. The SMILES string of the molecule is COc1ccnc(CN2C[C@@H]3C[C@H](C2)c2ccc(-c4ncc[nH]4)c(=O)n2C3)c1. The summed E-state index contributed by atoms with van der Waals surface area (Å²) >= 11 is 0. The van der Waals surface area contributed by atoms with Crippen LogP contribution in [0.5, 0.6) is 5.75 Å².